The molecule has 1 aromatic carbocycles. The summed E-state index contributed by atoms with van der Waals surface area (Å²) in [7, 11) is -2.93. The molecule has 0 heterocycles. The molecule has 0 spiro atoms. The van der Waals surface area contributed by atoms with Gasteiger partial charge in [-0.25, -0.2) is 17.8 Å². The van der Waals surface area contributed by atoms with Gasteiger partial charge in [-0.05, 0) is 31.0 Å². The van der Waals surface area contributed by atoms with Crippen LogP contribution >= 0.6 is 24.0 Å². The summed E-state index contributed by atoms with van der Waals surface area (Å²) in [6.07, 6.45) is 1.75. The minimum absolute atomic E-state index is 0. The highest BCUT2D eigenvalue weighted by Gasteiger charge is 2.02. The minimum atomic E-state index is -2.93. The molecule has 0 aliphatic carbocycles. The van der Waals surface area contributed by atoms with Gasteiger partial charge in [0.05, 0.1) is 12.3 Å². The van der Waals surface area contributed by atoms with Crippen LogP contribution in [0.5, 0.6) is 0 Å². The average Bonchev–Trinajstić information content (AvgIpc) is 2.41. The van der Waals surface area contributed by atoms with E-state index >= 15 is 0 Å². The number of rotatable bonds is 7. The molecule has 0 aromatic heterocycles. The van der Waals surface area contributed by atoms with Crippen LogP contribution < -0.4 is 10.6 Å². The molecule has 0 saturated carbocycles. The first-order chi connectivity index (χ1) is 9.90. The monoisotopic (exact) mass is 443 g/mol. The molecule has 0 atom stereocenters. The minimum Gasteiger partial charge on any atom is -0.357 e. The molecule has 0 saturated heterocycles. The predicted octanol–water partition coefficient (Wildman–Crippen LogP) is 1.93. The summed E-state index contributed by atoms with van der Waals surface area (Å²) in [6, 6.07) is 6.17. The van der Waals surface area contributed by atoms with Gasteiger partial charge in [-0.1, -0.05) is 12.1 Å². The van der Waals surface area contributed by atoms with E-state index < -0.39 is 9.84 Å². The van der Waals surface area contributed by atoms with Crippen LogP contribution in [-0.4, -0.2) is 39.5 Å². The zero-order chi connectivity index (χ0) is 15.7. The van der Waals surface area contributed by atoms with Crippen molar-refractivity contribution in [3.63, 3.8) is 0 Å². The van der Waals surface area contributed by atoms with Gasteiger partial charge in [0, 0.05) is 19.3 Å². The van der Waals surface area contributed by atoms with Crippen LogP contribution in [0.1, 0.15) is 18.9 Å². The Morgan fingerprint density at radius 2 is 1.86 bits per heavy atom. The molecular formula is C14H23FIN3O2S. The van der Waals surface area contributed by atoms with Crippen molar-refractivity contribution in [3.8, 4) is 0 Å². The Hall–Kier alpha value is -0.900. The topological polar surface area (TPSA) is 70.6 Å². The van der Waals surface area contributed by atoms with Crippen molar-refractivity contribution in [1.82, 2.24) is 10.6 Å². The lowest BCUT2D eigenvalue weighted by Gasteiger charge is -2.11. The Morgan fingerprint density at radius 3 is 2.41 bits per heavy atom. The number of hydrogen-bond donors (Lipinski definition) is 2. The van der Waals surface area contributed by atoms with Crippen LogP contribution in [0.2, 0.25) is 0 Å². The van der Waals surface area contributed by atoms with Gasteiger partial charge in [0.1, 0.15) is 15.7 Å². The lowest BCUT2D eigenvalue weighted by Crippen LogP contribution is -2.38. The van der Waals surface area contributed by atoms with Gasteiger partial charge in [0.25, 0.3) is 0 Å². The van der Waals surface area contributed by atoms with Crippen molar-refractivity contribution in [2.45, 2.75) is 19.9 Å². The summed E-state index contributed by atoms with van der Waals surface area (Å²) in [4.78, 5) is 4.37. The van der Waals surface area contributed by atoms with Crippen LogP contribution in [0.3, 0.4) is 0 Å². The standard InChI is InChI=1S/C14H22FN3O2S.HI/c1-3-16-14(17-9-4-10-21(2,19)20)18-11-12-5-7-13(15)8-6-12;/h5-8H,3-4,9-11H2,1-2H3,(H2,16,17,18);1H. The van der Waals surface area contributed by atoms with E-state index in [1.165, 1.54) is 18.4 Å². The second-order valence-electron chi connectivity index (χ2n) is 4.73. The van der Waals surface area contributed by atoms with E-state index in [-0.39, 0.29) is 35.5 Å². The fourth-order valence-corrected chi connectivity index (χ4v) is 2.31. The van der Waals surface area contributed by atoms with Crippen LogP contribution in [0, 0.1) is 5.82 Å². The van der Waals surface area contributed by atoms with Gasteiger partial charge in [0.15, 0.2) is 5.96 Å². The molecule has 22 heavy (non-hydrogen) atoms. The summed E-state index contributed by atoms with van der Waals surface area (Å²) >= 11 is 0. The number of benzene rings is 1. The van der Waals surface area contributed by atoms with Crippen molar-refractivity contribution in [2.24, 2.45) is 4.99 Å². The van der Waals surface area contributed by atoms with E-state index in [1.807, 2.05) is 6.92 Å². The first-order valence-electron chi connectivity index (χ1n) is 6.85. The summed E-state index contributed by atoms with van der Waals surface area (Å²) in [5.41, 5.74) is 0.907. The molecule has 0 bridgehead atoms. The SMILES string of the molecule is CCNC(=NCc1ccc(F)cc1)NCCCS(C)(=O)=O.I. The van der Waals surface area contributed by atoms with Crippen molar-refractivity contribution >= 4 is 39.8 Å². The second-order valence-corrected chi connectivity index (χ2v) is 6.99. The number of nitrogens with one attached hydrogen (secondary N) is 2. The van der Waals surface area contributed by atoms with E-state index in [9.17, 15) is 12.8 Å². The van der Waals surface area contributed by atoms with E-state index in [1.54, 1.807) is 12.1 Å². The quantitative estimate of drug-likeness (QED) is 0.293. The van der Waals surface area contributed by atoms with Gasteiger partial charge < -0.3 is 10.6 Å². The third-order valence-corrected chi connectivity index (χ3v) is 3.69. The van der Waals surface area contributed by atoms with Gasteiger partial charge in [0.2, 0.25) is 0 Å². The molecule has 1 aromatic rings. The Balaban J connectivity index is 0.00000441. The molecule has 1 rings (SSSR count). The highest BCUT2D eigenvalue weighted by atomic mass is 127. The Morgan fingerprint density at radius 1 is 1.23 bits per heavy atom. The Kier molecular flexibility index (Phi) is 10.3. The van der Waals surface area contributed by atoms with E-state index in [0.29, 0.717) is 32.0 Å². The highest BCUT2D eigenvalue weighted by molar-refractivity contribution is 14.0. The Bertz CT molecular complexity index is 562. The third kappa shape index (κ3) is 9.93. The molecule has 8 heteroatoms. The van der Waals surface area contributed by atoms with E-state index in [2.05, 4.69) is 15.6 Å². The van der Waals surface area contributed by atoms with Crippen molar-refractivity contribution in [1.29, 1.82) is 0 Å². The summed E-state index contributed by atoms with van der Waals surface area (Å²) in [5, 5.41) is 6.15. The third-order valence-electron chi connectivity index (χ3n) is 2.66. The summed E-state index contributed by atoms with van der Waals surface area (Å²) in [6.45, 7) is 3.62. The normalized spacial score (nSPS) is 11.7. The zero-order valence-electron chi connectivity index (χ0n) is 12.8. The molecule has 5 nitrogen and oxygen atoms in total. The zero-order valence-corrected chi connectivity index (χ0v) is 15.9. The van der Waals surface area contributed by atoms with Crippen LogP contribution in [0.4, 0.5) is 4.39 Å². The highest BCUT2D eigenvalue weighted by Crippen LogP contribution is 2.03. The van der Waals surface area contributed by atoms with Crippen LogP contribution in [0.15, 0.2) is 29.3 Å². The number of hydrogen-bond acceptors (Lipinski definition) is 3. The molecular weight excluding hydrogens is 420 g/mol. The predicted molar refractivity (Wildman–Crippen MR) is 99.0 cm³/mol. The largest absolute Gasteiger partial charge is 0.357 e. The second kappa shape index (κ2) is 10.8. The molecule has 0 amide bonds. The number of guanidine groups is 1. The first kappa shape index (κ1) is 21.1. The average molecular weight is 443 g/mol. The summed E-state index contributed by atoms with van der Waals surface area (Å²) in [5.74, 6) is 0.501. The van der Waals surface area contributed by atoms with Crippen molar-refractivity contribution in [2.75, 3.05) is 25.1 Å². The lowest BCUT2D eigenvalue weighted by atomic mass is 10.2. The van der Waals surface area contributed by atoms with E-state index in [0.717, 1.165) is 5.56 Å². The molecule has 0 aliphatic heterocycles. The van der Waals surface area contributed by atoms with E-state index in [4.69, 9.17) is 0 Å². The fraction of sp³-hybridized carbons (Fsp3) is 0.500. The van der Waals surface area contributed by atoms with Crippen molar-refractivity contribution in [3.05, 3.63) is 35.6 Å². The van der Waals surface area contributed by atoms with Crippen LogP contribution in [-0.2, 0) is 16.4 Å². The maximum absolute atomic E-state index is 12.8. The van der Waals surface area contributed by atoms with Crippen LogP contribution in [0.25, 0.3) is 0 Å². The molecule has 0 unspecified atom stereocenters. The number of halogens is 2. The van der Waals surface area contributed by atoms with Gasteiger partial charge in [-0.3, -0.25) is 0 Å². The van der Waals surface area contributed by atoms with Gasteiger partial charge in [-0.2, -0.15) is 0 Å². The lowest BCUT2D eigenvalue weighted by molar-refractivity contribution is 0.598. The van der Waals surface area contributed by atoms with Gasteiger partial charge >= 0.3 is 0 Å². The number of sulfone groups is 1. The maximum Gasteiger partial charge on any atom is 0.191 e. The molecule has 0 radical (unpaired) electrons. The molecule has 0 fully saturated rings. The first-order valence-corrected chi connectivity index (χ1v) is 8.91. The van der Waals surface area contributed by atoms with Gasteiger partial charge in [-0.15, -0.1) is 24.0 Å². The maximum atomic E-state index is 12.8. The molecule has 2 N–H and O–H groups in total. The smallest absolute Gasteiger partial charge is 0.191 e. The fourth-order valence-electron chi connectivity index (χ4n) is 1.64. The Labute approximate surface area is 148 Å². The summed E-state index contributed by atoms with van der Waals surface area (Å²) < 4.78 is 34.9. The number of nitrogens with zero attached hydrogens (tertiary/aromatic N) is 1. The molecule has 0 aliphatic rings. The molecule has 126 valence electrons. The van der Waals surface area contributed by atoms with Crippen molar-refractivity contribution < 1.29 is 12.8 Å². The number of aliphatic imine (C=N–C) groups is 1.